The molecule has 1 nitrogen and oxygen atoms in total. The van der Waals surface area contributed by atoms with E-state index in [1.54, 1.807) is 0 Å². The summed E-state index contributed by atoms with van der Waals surface area (Å²) in [5.74, 6) is 0. The zero-order valence-corrected chi connectivity index (χ0v) is 18.0. The molecule has 0 bridgehead atoms. The summed E-state index contributed by atoms with van der Waals surface area (Å²) in [6.07, 6.45) is 1.80. The molecular weight excluding hydrogens is 371 g/mol. The predicted octanol–water partition coefficient (Wildman–Crippen LogP) is 1.29. The van der Waals surface area contributed by atoms with Crippen LogP contribution in [-0.4, -0.2) is 17.9 Å². The van der Waals surface area contributed by atoms with Crippen molar-refractivity contribution in [3.63, 3.8) is 0 Å². The second-order valence-corrected chi connectivity index (χ2v) is 10.7. The molecule has 0 aliphatic heterocycles. The minimum Gasteiger partial charge on any atom is -1.00 e. The summed E-state index contributed by atoms with van der Waals surface area (Å²) < 4.78 is 0. The average Bonchev–Trinajstić information content (AvgIpc) is 2.63. The predicted molar refractivity (Wildman–Crippen MR) is 116 cm³/mol. The fourth-order valence-electron chi connectivity index (χ4n) is 3.74. The highest BCUT2D eigenvalue weighted by Crippen LogP contribution is 2.56. The Balaban J connectivity index is 0.00000261. The van der Waals surface area contributed by atoms with Gasteiger partial charge in [0.25, 0.3) is 0 Å². The van der Waals surface area contributed by atoms with E-state index in [1.807, 2.05) is 0 Å². The van der Waals surface area contributed by atoms with E-state index < -0.39 is 7.26 Å². The van der Waals surface area contributed by atoms with Crippen LogP contribution in [0.2, 0.25) is 0 Å². The van der Waals surface area contributed by atoms with Crippen LogP contribution < -0.4 is 28.3 Å². The topological polar surface area (TPSA) is 20.2 Å². The van der Waals surface area contributed by atoms with Gasteiger partial charge in [-0.2, -0.15) is 0 Å². The summed E-state index contributed by atoms with van der Waals surface area (Å²) in [5.41, 5.74) is 3.86. The molecule has 0 aliphatic carbocycles. The van der Waals surface area contributed by atoms with E-state index in [4.69, 9.17) is 0 Å². The number of hydrogen-bond acceptors (Lipinski definition) is 1. The van der Waals surface area contributed by atoms with Crippen LogP contribution >= 0.6 is 7.26 Å². The van der Waals surface area contributed by atoms with Gasteiger partial charge in [-0.3, -0.25) is 0 Å². The molecule has 3 aromatic carbocycles. The minimum atomic E-state index is -1.81. The largest absolute Gasteiger partial charge is 1.00 e. The minimum absolute atomic E-state index is 0. The third-order valence-corrected chi connectivity index (χ3v) is 9.45. The molecule has 0 heterocycles. The first-order valence-corrected chi connectivity index (χ1v) is 11.2. The zero-order chi connectivity index (χ0) is 18.6. The third-order valence-electron chi connectivity index (χ3n) is 4.98. The molecule has 0 saturated carbocycles. The number of aliphatic hydroxyl groups is 1. The monoisotopic (exact) mass is 398 g/mol. The second-order valence-electron chi connectivity index (χ2n) is 7.13. The van der Waals surface area contributed by atoms with Crippen molar-refractivity contribution in [1.82, 2.24) is 0 Å². The van der Waals surface area contributed by atoms with Gasteiger partial charge in [0.2, 0.25) is 0 Å². The smallest absolute Gasteiger partial charge is 0.112 e. The van der Waals surface area contributed by atoms with Crippen molar-refractivity contribution in [2.24, 2.45) is 0 Å². The first kappa shape index (κ1) is 21.6. The summed E-state index contributed by atoms with van der Waals surface area (Å²) in [6, 6.07) is 26.9. The van der Waals surface area contributed by atoms with E-state index in [9.17, 15) is 5.11 Å². The normalized spacial score (nSPS) is 11.1. The molecule has 0 spiro atoms. The van der Waals surface area contributed by atoms with E-state index >= 15 is 0 Å². The Labute approximate surface area is 170 Å². The van der Waals surface area contributed by atoms with E-state index in [0.717, 1.165) is 12.6 Å². The maximum Gasteiger partial charge on any atom is 0.112 e. The van der Waals surface area contributed by atoms with Crippen molar-refractivity contribution < 1.29 is 17.5 Å². The third kappa shape index (κ3) is 4.61. The molecule has 0 radical (unpaired) electrons. The van der Waals surface area contributed by atoms with Gasteiger partial charge in [-0.05, 0) is 73.9 Å². The Bertz CT molecular complexity index is 780. The second kappa shape index (κ2) is 9.51. The molecule has 142 valence electrons. The zero-order valence-electron chi connectivity index (χ0n) is 16.3. The van der Waals surface area contributed by atoms with Crippen LogP contribution in [0.3, 0.4) is 0 Å². The summed E-state index contributed by atoms with van der Waals surface area (Å²) in [6.45, 7) is 6.72. The molecule has 0 fully saturated rings. The molecule has 0 unspecified atom stereocenters. The fraction of sp³-hybridized carbons (Fsp3) is 0.250. The number of aryl methyl sites for hydroxylation is 3. The summed E-state index contributed by atoms with van der Waals surface area (Å²) in [7, 11) is -1.81. The van der Waals surface area contributed by atoms with Crippen LogP contribution in [0.1, 0.15) is 23.1 Å². The molecule has 0 aromatic heterocycles. The standard InChI is InChI=1S/C24H28OP.ClH/c1-19-8-4-11-22(16-19)26(15-7-14-25,23-12-5-9-20(2)17-23)24-13-6-10-21(3)18-24;/h4-6,8-13,16-18,25H,7,14-15H2,1-3H3;1H/q+1;/p-1. The number of benzene rings is 3. The van der Waals surface area contributed by atoms with Crippen molar-refractivity contribution >= 4 is 23.2 Å². The van der Waals surface area contributed by atoms with E-state index in [2.05, 4.69) is 93.6 Å². The Hall–Kier alpha value is -1.66. The summed E-state index contributed by atoms with van der Waals surface area (Å²) in [5, 5.41) is 13.9. The van der Waals surface area contributed by atoms with Crippen LogP contribution in [0.4, 0.5) is 0 Å². The van der Waals surface area contributed by atoms with Gasteiger partial charge < -0.3 is 17.5 Å². The SMILES string of the molecule is Cc1cccc([P+](CCCO)(c2cccc(C)c2)c2cccc(C)c2)c1.[Cl-]. The van der Waals surface area contributed by atoms with E-state index in [1.165, 1.54) is 32.6 Å². The molecule has 0 saturated heterocycles. The Morgan fingerprint density at radius 2 is 1.04 bits per heavy atom. The van der Waals surface area contributed by atoms with Crippen molar-refractivity contribution in [3.05, 3.63) is 89.5 Å². The summed E-state index contributed by atoms with van der Waals surface area (Å²) >= 11 is 0. The van der Waals surface area contributed by atoms with Crippen LogP contribution in [0.25, 0.3) is 0 Å². The van der Waals surface area contributed by atoms with Gasteiger partial charge in [-0.1, -0.05) is 36.4 Å². The van der Waals surface area contributed by atoms with Gasteiger partial charge in [0, 0.05) is 13.0 Å². The number of aliphatic hydroxyl groups excluding tert-OH is 1. The quantitative estimate of drug-likeness (QED) is 0.620. The van der Waals surface area contributed by atoms with Crippen molar-refractivity contribution in [2.45, 2.75) is 27.2 Å². The lowest BCUT2D eigenvalue weighted by molar-refractivity contribution is -0.00000645. The summed E-state index contributed by atoms with van der Waals surface area (Å²) in [4.78, 5) is 0. The maximum absolute atomic E-state index is 9.65. The Morgan fingerprint density at radius 3 is 1.33 bits per heavy atom. The number of halogens is 1. The number of hydrogen-bond donors (Lipinski definition) is 1. The lowest BCUT2D eigenvalue weighted by Crippen LogP contribution is -3.00. The highest BCUT2D eigenvalue weighted by Gasteiger charge is 2.44. The van der Waals surface area contributed by atoms with E-state index in [0.29, 0.717) is 0 Å². The first-order valence-electron chi connectivity index (χ1n) is 9.27. The van der Waals surface area contributed by atoms with Crippen molar-refractivity contribution in [2.75, 3.05) is 12.8 Å². The fourth-order valence-corrected chi connectivity index (χ4v) is 8.32. The molecular formula is C24H28ClOP. The van der Waals surface area contributed by atoms with Gasteiger partial charge in [-0.25, -0.2) is 0 Å². The van der Waals surface area contributed by atoms with Gasteiger partial charge in [0.15, 0.2) is 0 Å². The maximum atomic E-state index is 9.65. The van der Waals surface area contributed by atoms with Crippen LogP contribution in [0, 0.1) is 20.8 Å². The van der Waals surface area contributed by atoms with Gasteiger partial charge in [-0.15, -0.1) is 0 Å². The average molecular weight is 399 g/mol. The molecule has 0 amide bonds. The molecule has 3 heteroatoms. The van der Waals surface area contributed by atoms with Gasteiger partial charge in [0.05, 0.1) is 6.16 Å². The molecule has 1 N–H and O–H groups in total. The van der Waals surface area contributed by atoms with E-state index in [-0.39, 0.29) is 19.0 Å². The van der Waals surface area contributed by atoms with Crippen LogP contribution in [-0.2, 0) is 0 Å². The Kier molecular flexibility index (Phi) is 7.62. The van der Waals surface area contributed by atoms with Gasteiger partial charge >= 0.3 is 0 Å². The lowest BCUT2D eigenvalue weighted by atomic mass is 10.2. The highest BCUT2D eigenvalue weighted by atomic mass is 35.5. The lowest BCUT2D eigenvalue weighted by Gasteiger charge is -2.28. The van der Waals surface area contributed by atoms with Crippen molar-refractivity contribution in [3.8, 4) is 0 Å². The highest BCUT2D eigenvalue weighted by molar-refractivity contribution is 7.95. The molecule has 3 aromatic rings. The molecule has 0 aliphatic rings. The van der Waals surface area contributed by atoms with Gasteiger partial charge in [0.1, 0.15) is 23.2 Å². The molecule has 3 rings (SSSR count). The molecule has 0 atom stereocenters. The van der Waals surface area contributed by atoms with Crippen molar-refractivity contribution in [1.29, 1.82) is 0 Å². The number of rotatable bonds is 6. The van der Waals surface area contributed by atoms with Crippen LogP contribution in [0.15, 0.2) is 72.8 Å². The van der Waals surface area contributed by atoms with Crippen LogP contribution in [0.5, 0.6) is 0 Å². The molecule has 27 heavy (non-hydrogen) atoms. The Morgan fingerprint density at radius 1 is 0.667 bits per heavy atom. The first-order chi connectivity index (χ1) is 12.6.